The number of carboxylic acids is 1. The van der Waals surface area contributed by atoms with Crippen LogP contribution in [-0.4, -0.2) is 54.2 Å². The Hall–Kier alpha value is -4.05. The smallest absolute Gasteiger partial charge is 0.407 e. The van der Waals surface area contributed by atoms with Crippen LogP contribution in [0, 0.1) is 11.8 Å². The molecule has 162 valence electrons. The fourth-order valence-corrected chi connectivity index (χ4v) is 4.01. The second kappa shape index (κ2) is 9.40. The number of nitrogens with zero attached hydrogens (tertiary/aromatic N) is 1. The van der Waals surface area contributed by atoms with Gasteiger partial charge < -0.3 is 20.1 Å². The Morgan fingerprint density at radius 1 is 1.06 bits per heavy atom. The molecule has 2 aromatic carbocycles. The van der Waals surface area contributed by atoms with Crippen molar-refractivity contribution >= 4 is 18.0 Å². The van der Waals surface area contributed by atoms with Crippen LogP contribution in [0.1, 0.15) is 23.5 Å². The molecule has 2 N–H and O–H groups in total. The van der Waals surface area contributed by atoms with Crippen molar-refractivity contribution in [1.82, 2.24) is 10.2 Å². The molecule has 7 heteroatoms. The van der Waals surface area contributed by atoms with Gasteiger partial charge in [-0.25, -0.2) is 9.59 Å². The molecular formula is C25H22N2O5. The molecule has 2 amide bonds. The molecule has 0 atom stereocenters. The fourth-order valence-electron chi connectivity index (χ4n) is 4.01. The SMILES string of the molecule is O=C(NCC#CC(=O)N1CC=C(C(=O)O)CC1)OCC1c2ccccc2-c2ccccc21. The number of hydrogen-bond acceptors (Lipinski definition) is 4. The van der Waals surface area contributed by atoms with Crippen molar-refractivity contribution in [3.63, 3.8) is 0 Å². The lowest BCUT2D eigenvalue weighted by molar-refractivity contribution is -0.133. The van der Waals surface area contributed by atoms with Crippen LogP contribution < -0.4 is 5.32 Å². The van der Waals surface area contributed by atoms with E-state index in [1.54, 1.807) is 0 Å². The molecule has 0 radical (unpaired) electrons. The van der Waals surface area contributed by atoms with Gasteiger partial charge in [0.2, 0.25) is 0 Å². The minimum Gasteiger partial charge on any atom is -0.478 e. The lowest BCUT2D eigenvalue weighted by Crippen LogP contribution is -2.35. The third kappa shape index (κ3) is 4.49. The molecule has 4 rings (SSSR count). The number of amides is 2. The zero-order chi connectivity index (χ0) is 22.5. The van der Waals surface area contributed by atoms with E-state index in [0.29, 0.717) is 18.5 Å². The summed E-state index contributed by atoms with van der Waals surface area (Å²) in [5.41, 5.74) is 4.88. The average Bonchev–Trinajstić information content (AvgIpc) is 3.14. The molecule has 0 saturated carbocycles. The minimum absolute atomic E-state index is 0.0214. The first-order valence-corrected chi connectivity index (χ1v) is 10.3. The Morgan fingerprint density at radius 2 is 1.72 bits per heavy atom. The van der Waals surface area contributed by atoms with Gasteiger partial charge in [-0.3, -0.25) is 4.79 Å². The molecule has 0 unspecified atom stereocenters. The van der Waals surface area contributed by atoms with E-state index in [1.807, 2.05) is 36.4 Å². The van der Waals surface area contributed by atoms with Gasteiger partial charge in [0, 0.05) is 24.6 Å². The molecule has 0 saturated heterocycles. The lowest BCUT2D eigenvalue weighted by atomic mass is 9.98. The third-order valence-electron chi connectivity index (χ3n) is 5.63. The number of fused-ring (bicyclic) bond motifs is 3. The normalized spacial score (nSPS) is 14.4. The van der Waals surface area contributed by atoms with Gasteiger partial charge in [-0.1, -0.05) is 60.5 Å². The molecule has 1 heterocycles. The zero-order valence-electron chi connectivity index (χ0n) is 17.3. The van der Waals surface area contributed by atoms with Crippen LogP contribution in [0.5, 0.6) is 0 Å². The van der Waals surface area contributed by atoms with Gasteiger partial charge in [0.25, 0.3) is 5.91 Å². The highest BCUT2D eigenvalue weighted by atomic mass is 16.5. The Bertz CT molecular complexity index is 1110. The van der Waals surface area contributed by atoms with Crippen LogP contribution in [0.15, 0.2) is 60.2 Å². The van der Waals surface area contributed by atoms with E-state index in [4.69, 9.17) is 9.84 Å². The summed E-state index contributed by atoms with van der Waals surface area (Å²) in [5, 5.41) is 11.5. The predicted molar refractivity (Wildman–Crippen MR) is 118 cm³/mol. The number of carbonyl (C=O) groups excluding carboxylic acids is 2. The second-order valence-electron chi connectivity index (χ2n) is 7.52. The van der Waals surface area contributed by atoms with Crippen molar-refractivity contribution in [1.29, 1.82) is 0 Å². The summed E-state index contributed by atoms with van der Waals surface area (Å²) < 4.78 is 5.42. The highest BCUT2D eigenvalue weighted by molar-refractivity contribution is 5.94. The van der Waals surface area contributed by atoms with E-state index in [1.165, 1.54) is 11.0 Å². The summed E-state index contributed by atoms with van der Waals surface area (Å²) >= 11 is 0. The van der Waals surface area contributed by atoms with E-state index >= 15 is 0 Å². The largest absolute Gasteiger partial charge is 0.478 e. The highest BCUT2D eigenvalue weighted by Crippen LogP contribution is 2.44. The molecule has 1 aliphatic carbocycles. The van der Waals surface area contributed by atoms with Gasteiger partial charge in [-0.05, 0) is 34.6 Å². The number of rotatable bonds is 4. The van der Waals surface area contributed by atoms with Gasteiger partial charge in [-0.15, -0.1) is 0 Å². The standard InChI is InChI=1S/C25H22N2O5/c28-23(27-14-11-17(12-15-27)24(29)30)10-5-13-26-25(31)32-16-22-20-8-3-1-6-18(20)19-7-2-4-9-21(19)22/h1-4,6-9,11,22H,12-16H2,(H,26,31)(H,29,30). The van der Waals surface area contributed by atoms with E-state index in [2.05, 4.69) is 29.3 Å². The van der Waals surface area contributed by atoms with Crippen LogP contribution in [0.3, 0.4) is 0 Å². The lowest BCUT2D eigenvalue weighted by Gasteiger charge is -2.22. The van der Waals surface area contributed by atoms with E-state index in [0.717, 1.165) is 22.3 Å². The first-order chi connectivity index (χ1) is 15.5. The predicted octanol–water partition coefficient (Wildman–Crippen LogP) is 2.77. The molecule has 0 fully saturated rings. The number of benzene rings is 2. The van der Waals surface area contributed by atoms with Gasteiger partial charge >= 0.3 is 12.1 Å². The van der Waals surface area contributed by atoms with Gasteiger partial charge in [0.1, 0.15) is 6.61 Å². The van der Waals surface area contributed by atoms with Crippen molar-refractivity contribution in [3.8, 4) is 23.0 Å². The van der Waals surface area contributed by atoms with Crippen LogP contribution in [0.2, 0.25) is 0 Å². The minimum atomic E-state index is -0.963. The summed E-state index contributed by atoms with van der Waals surface area (Å²) in [7, 11) is 0. The Balaban J connectivity index is 1.27. The van der Waals surface area contributed by atoms with Gasteiger partial charge in [0.15, 0.2) is 0 Å². The van der Waals surface area contributed by atoms with Crippen LogP contribution >= 0.6 is 0 Å². The number of ether oxygens (including phenoxy) is 1. The maximum atomic E-state index is 12.1. The number of carboxylic acid groups (broad SMARTS) is 1. The topological polar surface area (TPSA) is 95.9 Å². The van der Waals surface area contributed by atoms with Crippen LogP contribution in [0.25, 0.3) is 11.1 Å². The zero-order valence-corrected chi connectivity index (χ0v) is 17.3. The summed E-state index contributed by atoms with van der Waals surface area (Å²) in [6, 6.07) is 16.2. The number of carbonyl (C=O) groups is 3. The number of alkyl carbamates (subject to hydrolysis) is 1. The van der Waals surface area contributed by atoms with Crippen molar-refractivity contribution in [2.45, 2.75) is 12.3 Å². The van der Waals surface area contributed by atoms with Gasteiger partial charge in [0.05, 0.1) is 6.54 Å². The average molecular weight is 430 g/mol. The second-order valence-corrected chi connectivity index (χ2v) is 7.52. The molecule has 2 aliphatic rings. The molecule has 2 aromatic rings. The van der Waals surface area contributed by atoms with E-state index < -0.39 is 18.0 Å². The first-order valence-electron chi connectivity index (χ1n) is 10.3. The molecule has 32 heavy (non-hydrogen) atoms. The number of nitrogens with one attached hydrogen (secondary N) is 1. The first kappa shape index (κ1) is 21.2. The molecule has 0 spiro atoms. The fraction of sp³-hybridized carbons (Fsp3) is 0.240. The van der Waals surface area contributed by atoms with Crippen molar-refractivity contribution in [2.24, 2.45) is 0 Å². The molecule has 0 aromatic heterocycles. The van der Waals surface area contributed by atoms with Crippen molar-refractivity contribution < 1.29 is 24.2 Å². The number of aliphatic carboxylic acids is 1. The Kier molecular flexibility index (Phi) is 6.22. The Labute approximate surface area is 185 Å². The van der Waals surface area contributed by atoms with Crippen molar-refractivity contribution in [3.05, 3.63) is 71.3 Å². The summed E-state index contributed by atoms with van der Waals surface area (Å²) in [6.45, 7) is 0.713. The molecule has 1 aliphatic heterocycles. The molecule has 0 bridgehead atoms. The van der Waals surface area contributed by atoms with Crippen LogP contribution in [-0.2, 0) is 14.3 Å². The summed E-state index contributed by atoms with van der Waals surface area (Å²) in [4.78, 5) is 36.6. The third-order valence-corrected chi connectivity index (χ3v) is 5.63. The van der Waals surface area contributed by atoms with Crippen LogP contribution in [0.4, 0.5) is 4.79 Å². The monoisotopic (exact) mass is 430 g/mol. The number of hydrogen-bond donors (Lipinski definition) is 2. The van der Waals surface area contributed by atoms with Gasteiger partial charge in [-0.2, -0.15) is 0 Å². The summed E-state index contributed by atoms with van der Waals surface area (Å²) in [5.74, 6) is 3.69. The maximum Gasteiger partial charge on any atom is 0.407 e. The maximum absolute atomic E-state index is 12.1. The molecule has 7 nitrogen and oxygen atoms in total. The quantitative estimate of drug-likeness (QED) is 0.728. The van der Waals surface area contributed by atoms with E-state index in [-0.39, 0.29) is 25.6 Å². The molecular weight excluding hydrogens is 408 g/mol. The highest BCUT2D eigenvalue weighted by Gasteiger charge is 2.28. The van der Waals surface area contributed by atoms with E-state index in [9.17, 15) is 14.4 Å². The van der Waals surface area contributed by atoms with Crippen molar-refractivity contribution in [2.75, 3.05) is 26.2 Å². The Morgan fingerprint density at radius 3 is 2.31 bits per heavy atom. The summed E-state index contributed by atoms with van der Waals surface area (Å²) in [6.07, 6.45) is 1.21.